The minimum Gasteiger partial charge on any atom is -0.488 e. The molecule has 1 atom stereocenters. The van der Waals surface area contributed by atoms with E-state index < -0.39 is 9.71 Å². The van der Waals surface area contributed by atoms with E-state index in [1.165, 1.54) is 30.1 Å². The van der Waals surface area contributed by atoms with E-state index in [4.69, 9.17) is 9.88 Å². The normalized spacial score (nSPS) is 12.6. The van der Waals surface area contributed by atoms with Crippen molar-refractivity contribution in [2.75, 3.05) is 11.6 Å². The lowest BCUT2D eigenvalue weighted by molar-refractivity contribution is 0.307. The Hall–Kier alpha value is -3.82. The minimum atomic E-state index is -2.52. The van der Waals surface area contributed by atoms with Gasteiger partial charge in [-0.25, -0.2) is 14.4 Å². The summed E-state index contributed by atoms with van der Waals surface area (Å²) in [7, 11) is -2.52. The predicted octanol–water partition coefficient (Wildman–Crippen LogP) is 3.94. The van der Waals surface area contributed by atoms with Gasteiger partial charge < -0.3 is 10.1 Å². The number of nitrogens with zero attached hydrogens (tertiary/aromatic N) is 3. The molecule has 1 aromatic heterocycles. The Morgan fingerprint density at radius 2 is 1.85 bits per heavy atom. The van der Waals surface area contributed by atoms with Gasteiger partial charge in [0.2, 0.25) is 5.95 Å². The lowest BCUT2D eigenvalue weighted by Gasteiger charge is -2.12. The van der Waals surface area contributed by atoms with Crippen LogP contribution in [0, 0.1) is 5.82 Å². The highest BCUT2D eigenvalue weighted by Crippen LogP contribution is 2.28. The lowest BCUT2D eigenvalue weighted by Crippen LogP contribution is -2.13. The molecule has 0 aliphatic rings. The van der Waals surface area contributed by atoms with Crippen LogP contribution in [0.3, 0.4) is 0 Å². The number of hydrogen-bond acceptors (Lipinski definition) is 6. The summed E-state index contributed by atoms with van der Waals surface area (Å²) >= 11 is 0. The van der Waals surface area contributed by atoms with Crippen LogP contribution in [-0.4, -0.2) is 30.8 Å². The average molecular weight is 464 g/mol. The maximum absolute atomic E-state index is 13.1. The number of halogens is 1. The standard InChI is InChI=1S/C24H22FN5O2S/c1-33(26,31)15-18-5-4-6-20(13-18)29-24-28-16-27-23(30-24)21-7-2-3-8-22(21)32-14-17-9-11-19(25)12-10-17/h2-13,15-16H,14H2,1H3,(H2,26,31)(H,27,28,29,30). The summed E-state index contributed by atoms with van der Waals surface area (Å²) in [5.74, 6) is 1.08. The van der Waals surface area contributed by atoms with E-state index in [1.807, 2.05) is 42.5 Å². The van der Waals surface area contributed by atoms with E-state index in [0.29, 0.717) is 28.8 Å². The monoisotopic (exact) mass is 463 g/mol. The predicted molar refractivity (Wildman–Crippen MR) is 129 cm³/mol. The second-order valence-corrected chi connectivity index (χ2v) is 9.55. The molecule has 0 bridgehead atoms. The SMILES string of the molecule is CS(N)(=O)=Cc1cccc(Nc2ncnc(-c3ccccc3OCc3ccc(F)cc3)n2)c1. The van der Waals surface area contributed by atoms with E-state index in [1.54, 1.807) is 18.2 Å². The van der Waals surface area contributed by atoms with E-state index in [2.05, 4.69) is 20.3 Å². The highest BCUT2D eigenvalue weighted by atomic mass is 32.2. The van der Waals surface area contributed by atoms with Gasteiger partial charge in [-0.3, -0.25) is 9.35 Å². The Bertz CT molecular complexity index is 1380. The van der Waals surface area contributed by atoms with Gasteiger partial charge in [-0.1, -0.05) is 36.4 Å². The first-order valence-electron chi connectivity index (χ1n) is 10.0. The maximum Gasteiger partial charge on any atom is 0.230 e. The minimum absolute atomic E-state index is 0.276. The van der Waals surface area contributed by atoms with Crippen LogP contribution >= 0.6 is 0 Å². The fraction of sp³-hybridized carbons (Fsp3) is 0.0833. The molecule has 1 heterocycles. The van der Waals surface area contributed by atoms with Gasteiger partial charge in [0.25, 0.3) is 0 Å². The van der Waals surface area contributed by atoms with Crippen LogP contribution in [0.4, 0.5) is 16.0 Å². The molecule has 33 heavy (non-hydrogen) atoms. The highest BCUT2D eigenvalue weighted by Gasteiger charge is 2.11. The Balaban J connectivity index is 1.55. The number of nitrogens with one attached hydrogen (secondary N) is 1. The molecule has 168 valence electrons. The lowest BCUT2D eigenvalue weighted by atomic mass is 10.2. The number of aromatic nitrogens is 3. The number of benzene rings is 3. The number of hydrogen-bond donors (Lipinski definition) is 2. The van der Waals surface area contributed by atoms with Crippen LogP contribution in [0.5, 0.6) is 5.75 Å². The van der Waals surface area contributed by atoms with Crippen LogP contribution in [0.1, 0.15) is 11.1 Å². The number of ether oxygens (including phenoxy) is 1. The summed E-state index contributed by atoms with van der Waals surface area (Å²) in [6.07, 6.45) is 2.89. The van der Waals surface area contributed by atoms with Gasteiger partial charge in [0, 0.05) is 27.0 Å². The average Bonchev–Trinajstić information content (AvgIpc) is 2.78. The van der Waals surface area contributed by atoms with Gasteiger partial charge in [0.15, 0.2) is 5.82 Å². The topological polar surface area (TPSA) is 103 Å². The molecule has 3 aromatic carbocycles. The number of anilines is 2. The molecular formula is C24H22FN5O2S. The summed E-state index contributed by atoms with van der Waals surface area (Å²) < 4.78 is 30.9. The Morgan fingerprint density at radius 3 is 2.64 bits per heavy atom. The molecule has 0 aliphatic heterocycles. The third-order valence-electron chi connectivity index (χ3n) is 4.52. The molecule has 0 aliphatic carbocycles. The number of rotatable bonds is 7. The van der Waals surface area contributed by atoms with Crippen LogP contribution in [0.25, 0.3) is 11.4 Å². The van der Waals surface area contributed by atoms with Crippen LogP contribution < -0.4 is 15.2 Å². The second kappa shape index (κ2) is 9.76. The summed E-state index contributed by atoms with van der Waals surface area (Å²) in [6, 6.07) is 20.8. The van der Waals surface area contributed by atoms with Crippen molar-refractivity contribution >= 4 is 26.7 Å². The summed E-state index contributed by atoms with van der Waals surface area (Å²) in [6.45, 7) is 0.276. The van der Waals surface area contributed by atoms with Crippen LogP contribution in [0.2, 0.25) is 0 Å². The zero-order valence-electron chi connectivity index (χ0n) is 17.8. The summed E-state index contributed by atoms with van der Waals surface area (Å²) in [4.78, 5) is 13.0. The van der Waals surface area contributed by atoms with Crippen LogP contribution in [-0.2, 0) is 16.3 Å². The number of nitrogens with two attached hydrogens (primary N) is 1. The van der Waals surface area contributed by atoms with Crippen LogP contribution in [0.15, 0.2) is 79.1 Å². The highest BCUT2D eigenvalue weighted by molar-refractivity contribution is 7.98. The molecule has 1 unspecified atom stereocenters. The summed E-state index contributed by atoms with van der Waals surface area (Å²) in [5.41, 5.74) is 2.98. The second-order valence-electron chi connectivity index (χ2n) is 7.38. The van der Waals surface area contributed by atoms with E-state index in [9.17, 15) is 8.60 Å². The summed E-state index contributed by atoms with van der Waals surface area (Å²) in [5, 5.41) is 10.3. The molecule has 0 radical (unpaired) electrons. The van der Waals surface area contributed by atoms with E-state index >= 15 is 0 Å². The van der Waals surface area contributed by atoms with Crippen molar-refractivity contribution in [2.45, 2.75) is 6.61 Å². The van der Waals surface area contributed by atoms with Gasteiger partial charge in [-0.05, 0) is 47.5 Å². The van der Waals surface area contributed by atoms with Crippen molar-refractivity contribution in [3.8, 4) is 17.1 Å². The molecule has 0 spiro atoms. The fourth-order valence-electron chi connectivity index (χ4n) is 3.09. The Morgan fingerprint density at radius 1 is 1.06 bits per heavy atom. The van der Waals surface area contributed by atoms with Crippen molar-refractivity contribution < 1.29 is 13.3 Å². The van der Waals surface area contributed by atoms with Gasteiger partial charge in [-0.2, -0.15) is 4.98 Å². The van der Waals surface area contributed by atoms with E-state index in [-0.39, 0.29) is 12.4 Å². The molecular weight excluding hydrogens is 441 g/mol. The van der Waals surface area contributed by atoms with Crippen molar-refractivity contribution in [3.05, 3.63) is 96.1 Å². The van der Waals surface area contributed by atoms with Crippen molar-refractivity contribution in [2.24, 2.45) is 5.14 Å². The molecule has 0 saturated carbocycles. The van der Waals surface area contributed by atoms with Gasteiger partial charge >= 0.3 is 0 Å². The van der Waals surface area contributed by atoms with Crippen molar-refractivity contribution in [1.82, 2.24) is 15.0 Å². The quantitative estimate of drug-likeness (QED) is 0.403. The third-order valence-corrected chi connectivity index (χ3v) is 5.26. The number of para-hydroxylation sites is 1. The molecule has 0 saturated heterocycles. The molecule has 9 heteroatoms. The Labute approximate surface area is 191 Å². The first kappa shape index (κ1) is 22.4. The molecule has 0 amide bonds. The van der Waals surface area contributed by atoms with Gasteiger partial charge in [0.1, 0.15) is 24.5 Å². The molecule has 4 aromatic rings. The first-order chi connectivity index (χ1) is 15.9. The molecule has 4 rings (SSSR count). The third kappa shape index (κ3) is 6.34. The molecule has 7 nitrogen and oxygen atoms in total. The van der Waals surface area contributed by atoms with E-state index in [0.717, 1.165) is 11.1 Å². The molecule has 3 N–H and O–H groups in total. The maximum atomic E-state index is 13.1. The Kier molecular flexibility index (Phi) is 6.62. The smallest absolute Gasteiger partial charge is 0.230 e. The van der Waals surface area contributed by atoms with Crippen molar-refractivity contribution in [1.29, 1.82) is 0 Å². The fourth-order valence-corrected chi connectivity index (χ4v) is 3.78. The largest absolute Gasteiger partial charge is 0.488 e. The van der Waals surface area contributed by atoms with Gasteiger partial charge in [0.05, 0.1) is 5.56 Å². The van der Waals surface area contributed by atoms with Gasteiger partial charge in [-0.15, -0.1) is 0 Å². The van der Waals surface area contributed by atoms with Crippen molar-refractivity contribution in [3.63, 3.8) is 0 Å². The molecule has 0 fully saturated rings. The zero-order valence-corrected chi connectivity index (χ0v) is 18.6. The zero-order chi connectivity index (χ0) is 23.3. The first-order valence-corrected chi connectivity index (χ1v) is 12.1.